The van der Waals surface area contributed by atoms with Crippen molar-refractivity contribution in [3.05, 3.63) is 17.8 Å². The lowest BCUT2D eigenvalue weighted by atomic mass is 10.1. The standard InChI is InChI=1S/C25H41N7O2/c1-3-21(4-2)30-15-17-32(18-16-30)24(33)19-29-11-13-31(14-12-29)23-10-9-22(27-28-23)25(34)26-20-7-5-6-8-20/h9-10,20-21H,3-8,11-19H2,1-2H3,(H,26,34). The van der Waals surface area contributed by atoms with E-state index >= 15 is 0 Å². The van der Waals surface area contributed by atoms with Crippen molar-refractivity contribution >= 4 is 17.6 Å². The van der Waals surface area contributed by atoms with E-state index in [-0.39, 0.29) is 17.9 Å². The van der Waals surface area contributed by atoms with Crippen molar-refractivity contribution in [2.24, 2.45) is 0 Å². The van der Waals surface area contributed by atoms with Crippen LogP contribution in [0.1, 0.15) is 62.9 Å². The van der Waals surface area contributed by atoms with Crippen molar-refractivity contribution in [3.63, 3.8) is 0 Å². The van der Waals surface area contributed by atoms with Gasteiger partial charge in [-0.15, -0.1) is 10.2 Å². The van der Waals surface area contributed by atoms with Gasteiger partial charge in [0.25, 0.3) is 5.91 Å². The SMILES string of the molecule is CCC(CC)N1CCN(C(=O)CN2CCN(c3ccc(C(=O)NC4CCCC4)nn3)CC2)CC1. The molecule has 2 aliphatic heterocycles. The third-order valence-electron chi connectivity index (χ3n) is 7.75. The highest BCUT2D eigenvalue weighted by Crippen LogP contribution is 2.18. The Hall–Kier alpha value is -2.26. The van der Waals surface area contributed by atoms with Crippen molar-refractivity contribution in [1.29, 1.82) is 0 Å². The first-order valence-corrected chi connectivity index (χ1v) is 13.2. The van der Waals surface area contributed by atoms with Gasteiger partial charge in [0.2, 0.25) is 5.91 Å². The topological polar surface area (TPSA) is 84.9 Å². The molecule has 4 rings (SSSR count). The van der Waals surface area contributed by atoms with E-state index in [2.05, 4.69) is 44.1 Å². The summed E-state index contributed by atoms with van der Waals surface area (Å²) < 4.78 is 0. The molecule has 0 aromatic carbocycles. The van der Waals surface area contributed by atoms with Gasteiger partial charge in [-0.25, -0.2) is 0 Å². The van der Waals surface area contributed by atoms with Crippen molar-refractivity contribution < 1.29 is 9.59 Å². The third kappa shape index (κ3) is 6.24. The van der Waals surface area contributed by atoms with Gasteiger partial charge < -0.3 is 15.1 Å². The molecule has 2 saturated heterocycles. The van der Waals surface area contributed by atoms with Crippen molar-refractivity contribution in [3.8, 4) is 0 Å². The minimum atomic E-state index is -0.130. The van der Waals surface area contributed by atoms with E-state index in [1.165, 1.54) is 25.7 Å². The summed E-state index contributed by atoms with van der Waals surface area (Å²) in [6, 6.07) is 4.57. The van der Waals surface area contributed by atoms with Crippen LogP contribution < -0.4 is 10.2 Å². The predicted octanol–water partition coefficient (Wildman–Crippen LogP) is 1.60. The van der Waals surface area contributed by atoms with Crippen LogP contribution in [0.15, 0.2) is 12.1 Å². The Morgan fingerprint density at radius 2 is 1.62 bits per heavy atom. The fourth-order valence-electron chi connectivity index (χ4n) is 5.51. The van der Waals surface area contributed by atoms with Gasteiger partial charge in [-0.3, -0.25) is 19.4 Å². The molecule has 1 aromatic rings. The molecule has 9 heteroatoms. The molecule has 1 saturated carbocycles. The van der Waals surface area contributed by atoms with E-state index in [0.717, 1.165) is 71.0 Å². The Balaban J connectivity index is 1.19. The molecule has 2 amide bonds. The normalized spacial score (nSPS) is 20.8. The molecule has 3 aliphatic rings. The molecule has 0 atom stereocenters. The summed E-state index contributed by atoms with van der Waals surface area (Å²) in [6.07, 6.45) is 6.83. The number of nitrogens with one attached hydrogen (secondary N) is 1. The Morgan fingerprint density at radius 3 is 2.21 bits per heavy atom. The summed E-state index contributed by atoms with van der Waals surface area (Å²) in [5.74, 6) is 0.908. The molecule has 0 bridgehead atoms. The lowest BCUT2D eigenvalue weighted by molar-refractivity contribution is -0.134. The number of aromatic nitrogens is 2. The number of piperazine rings is 2. The highest BCUT2D eigenvalue weighted by molar-refractivity contribution is 5.92. The molecule has 3 fully saturated rings. The number of hydrogen-bond acceptors (Lipinski definition) is 7. The zero-order valence-electron chi connectivity index (χ0n) is 20.9. The first kappa shape index (κ1) is 24.9. The number of hydrogen-bond donors (Lipinski definition) is 1. The lowest BCUT2D eigenvalue weighted by Gasteiger charge is -2.40. The minimum absolute atomic E-state index is 0.130. The fourth-order valence-corrected chi connectivity index (χ4v) is 5.51. The van der Waals surface area contributed by atoms with E-state index in [1.807, 2.05) is 11.0 Å². The number of carbonyl (C=O) groups is 2. The average Bonchev–Trinajstić information content (AvgIpc) is 3.39. The largest absolute Gasteiger partial charge is 0.353 e. The molecule has 1 aromatic heterocycles. The van der Waals surface area contributed by atoms with Crippen molar-refractivity contribution in [2.75, 3.05) is 63.8 Å². The van der Waals surface area contributed by atoms with Crippen LogP contribution in [-0.4, -0.2) is 108 Å². The van der Waals surface area contributed by atoms with E-state index in [9.17, 15) is 9.59 Å². The van der Waals surface area contributed by atoms with E-state index in [4.69, 9.17) is 0 Å². The molecule has 34 heavy (non-hydrogen) atoms. The van der Waals surface area contributed by atoms with Crippen LogP contribution in [0, 0.1) is 0 Å². The lowest BCUT2D eigenvalue weighted by Crippen LogP contribution is -2.55. The number of rotatable bonds is 8. The summed E-state index contributed by atoms with van der Waals surface area (Å²) >= 11 is 0. The van der Waals surface area contributed by atoms with E-state index in [0.29, 0.717) is 18.3 Å². The van der Waals surface area contributed by atoms with Gasteiger partial charge in [-0.2, -0.15) is 0 Å². The van der Waals surface area contributed by atoms with Crippen LogP contribution in [-0.2, 0) is 4.79 Å². The van der Waals surface area contributed by atoms with Gasteiger partial charge in [-0.05, 0) is 37.8 Å². The maximum atomic E-state index is 12.9. The maximum absolute atomic E-state index is 12.9. The highest BCUT2D eigenvalue weighted by atomic mass is 16.2. The van der Waals surface area contributed by atoms with Crippen LogP contribution in [0.2, 0.25) is 0 Å². The van der Waals surface area contributed by atoms with Crippen LogP contribution in [0.5, 0.6) is 0 Å². The van der Waals surface area contributed by atoms with Gasteiger partial charge in [-0.1, -0.05) is 26.7 Å². The van der Waals surface area contributed by atoms with E-state index in [1.54, 1.807) is 6.07 Å². The fraction of sp³-hybridized carbons (Fsp3) is 0.760. The second-order valence-electron chi connectivity index (χ2n) is 9.88. The average molecular weight is 472 g/mol. The van der Waals surface area contributed by atoms with Crippen molar-refractivity contribution in [1.82, 2.24) is 30.2 Å². The minimum Gasteiger partial charge on any atom is -0.353 e. The Morgan fingerprint density at radius 1 is 0.941 bits per heavy atom. The summed E-state index contributed by atoms with van der Waals surface area (Å²) in [6.45, 7) is 11.9. The van der Waals surface area contributed by atoms with Gasteiger partial charge in [0.15, 0.2) is 11.5 Å². The molecule has 0 radical (unpaired) electrons. The van der Waals surface area contributed by atoms with Gasteiger partial charge >= 0.3 is 0 Å². The first-order chi connectivity index (χ1) is 16.6. The van der Waals surface area contributed by atoms with Crippen molar-refractivity contribution in [2.45, 2.75) is 64.5 Å². The molecular formula is C25H41N7O2. The summed E-state index contributed by atoms with van der Waals surface area (Å²) in [4.78, 5) is 34.2. The molecular weight excluding hydrogens is 430 g/mol. The number of anilines is 1. The number of carbonyl (C=O) groups excluding carboxylic acids is 2. The first-order valence-electron chi connectivity index (χ1n) is 13.2. The molecule has 1 aliphatic carbocycles. The molecule has 3 heterocycles. The predicted molar refractivity (Wildman–Crippen MR) is 133 cm³/mol. The third-order valence-corrected chi connectivity index (χ3v) is 7.75. The molecule has 0 unspecified atom stereocenters. The summed E-state index contributed by atoms with van der Waals surface area (Å²) in [5.41, 5.74) is 0.379. The van der Waals surface area contributed by atoms with Crippen LogP contribution in [0.4, 0.5) is 5.82 Å². The quantitative estimate of drug-likeness (QED) is 0.616. The Labute approximate surface area is 203 Å². The molecule has 1 N–H and O–H groups in total. The van der Waals surface area contributed by atoms with Gasteiger partial charge in [0.1, 0.15) is 0 Å². The van der Waals surface area contributed by atoms with Gasteiger partial charge in [0, 0.05) is 64.4 Å². The van der Waals surface area contributed by atoms with Crippen LogP contribution >= 0.6 is 0 Å². The van der Waals surface area contributed by atoms with Gasteiger partial charge in [0.05, 0.1) is 6.54 Å². The van der Waals surface area contributed by atoms with Crippen LogP contribution in [0.3, 0.4) is 0 Å². The maximum Gasteiger partial charge on any atom is 0.272 e. The number of amides is 2. The summed E-state index contributed by atoms with van der Waals surface area (Å²) in [5, 5.41) is 11.5. The molecule has 9 nitrogen and oxygen atoms in total. The summed E-state index contributed by atoms with van der Waals surface area (Å²) in [7, 11) is 0. The van der Waals surface area contributed by atoms with Crippen LogP contribution in [0.25, 0.3) is 0 Å². The monoisotopic (exact) mass is 471 g/mol. The zero-order chi connectivity index (χ0) is 23.9. The highest BCUT2D eigenvalue weighted by Gasteiger charge is 2.27. The molecule has 0 spiro atoms. The molecule has 188 valence electrons. The number of nitrogens with zero attached hydrogens (tertiary/aromatic N) is 6. The Kier molecular flexibility index (Phi) is 8.72. The smallest absolute Gasteiger partial charge is 0.272 e. The Bertz CT molecular complexity index is 792. The van der Waals surface area contributed by atoms with E-state index < -0.39 is 0 Å². The second kappa shape index (κ2) is 11.9. The zero-order valence-corrected chi connectivity index (χ0v) is 20.9. The second-order valence-corrected chi connectivity index (χ2v) is 9.88.